The van der Waals surface area contributed by atoms with Gasteiger partial charge in [0.15, 0.2) is 0 Å². The fourth-order valence-electron chi connectivity index (χ4n) is 2.06. The van der Waals surface area contributed by atoms with E-state index in [0.717, 1.165) is 25.7 Å². The number of aromatic nitrogens is 1. The summed E-state index contributed by atoms with van der Waals surface area (Å²) >= 11 is 5.80. The molecular formula is C12H15ClN2O2. The van der Waals surface area contributed by atoms with Crippen molar-refractivity contribution < 1.29 is 9.53 Å². The lowest BCUT2D eigenvalue weighted by Gasteiger charge is -2.23. The van der Waals surface area contributed by atoms with E-state index in [9.17, 15) is 4.79 Å². The van der Waals surface area contributed by atoms with Crippen molar-refractivity contribution in [1.82, 2.24) is 4.98 Å². The maximum absolute atomic E-state index is 11.2. The average Bonchev–Trinajstić information content (AvgIpc) is 2.30. The van der Waals surface area contributed by atoms with Crippen LogP contribution in [0.4, 0.5) is 0 Å². The molecule has 0 aliphatic heterocycles. The molecule has 0 radical (unpaired) electrons. The number of halogens is 1. The molecule has 1 saturated carbocycles. The summed E-state index contributed by atoms with van der Waals surface area (Å²) in [4.78, 5) is 15.1. The number of ether oxygens (including phenoxy) is 1. The summed E-state index contributed by atoms with van der Waals surface area (Å²) in [6, 6.07) is 1.55. The van der Waals surface area contributed by atoms with E-state index in [1.807, 2.05) is 0 Å². The van der Waals surface area contributed by atoms with Crippen LogP contribution in [0.5, 0.6) is 5.75 Å². The molecule has 1 aliphatic rings. The van der Waals surface area contributed by atoms with Crippen molar-refractivity contribution in [1.29, 1.82) is 0 Å². The fraction of sp³-hybridized carbons (Fsp3) is 0.500. The molecule has 1 aromatic heterocycles. The number of rotatable bonds is 3. The van der Waals surface area contributed by atoms with Crippen LogP contribution >= 0.6 is 11.6 Å². The number of nitrogens with two attached hydrogens (primary N) is 1. The molecule has 0 spiro atoms. The standard InChI is InChI=1S/C12H15ClN2O2/c13-11-6-10(9(7-15-11)12(14)16)17-8-4-2-1-3-5-8/h6-8H,1-5H2,(H2,14,16). The lowest BCUT2D eigenvalue weighted by atomic mass is 9.98. The van der Waals surface area contributed by atoms with E-state index in [2.05, 4.69) is 4.98 Å². The number of primary amides is 1. The van der Waals surface area contributed by atoms with E-state index in [1.54, 1.807) is 6.07 Å². The summed E-state index contributed by atoms with van der Waals surface area (Å²) in [5.41, 5.74) is 5.56. The Morgan fingerprint density at radius 3 is 2.76 bits per heavy atom. The van der Waals surface area contributed by atoms with Gasteiger partial charge in [-0.15, -0.1) is 0 Å². The highest BCUT2D eigenvalue weighted by atomic mass is 35.5. The molecule has 0 atom stereocenters. The third-order valence-corrected chi connectivity index (χ3v) is 3.15. The van der Waals surface area contributed by atoms with Gasteiger partial charge in [0, 0.05) is 12.3 Å². The first-order chi connectivity index (χ1) is 8.16. The van der Waals surface area contributed by atoms with Crippen LogP contribution in [0.3, 0.4) is 0 Å². The van der Waals surface area contributed by atoms with Crippen LogP contribution in [0, 0.1) is 0 Å². The fourth-order valence-corrected chi connectivity index (χ4v) is 2.21. The molecule has 2 rings (SSSR count). The van der Waals surface area contributed by atoms with E-state index < -0.39 is 5.91 Å². The molecule has 1 aromatic rings. The summed E-state index contributed by atoms with van der Waals surface area (Å²) in [6.07, 6.45) is 7.11. The second-order valence-electron chi connectivity index (χ2n) is 4.25. The zero-order chi connectivity index (χ0) is 12.3. The Morgan fingerprint density at radius 2 is 2.12 bits per heavy atom. The molecule has 2 N–H and O–H groups in total. The van der Waals surface area contributed by atoms with Crippen molar-refractivity contribution in [2.75, 3.05) is 0 Å². The number of carbonyl (C=O) groups is 1. The van der Waals surface area contributed by atoms with Crippen LogP contribution in [0.15, 0.2) is 12.3 Å². The van der Waals surface area contributed by atoms with Crippen LogP contribution < -0.4 is 10.5 Å². The van der Waals surface area contributed by atoms with E-state index in [-0.39, 0.29) is 6.10 Å². The molecule has 0 bridgehead atoms. The smallest absolute Gasteiger partial charge is 0.254 e. The number of hydrogen-bond donors (Lipinski definition) is 1. The Balaban J connectivity index is 2.17. The van der Waals surface area contributed by atoms with Crippen molar-refractivity contribution in [3.8, 4) is 5.75 Å². The largest absolute Gasteiger partial charge is 0.489 e. The molecule has 17 heavy (non-hydrogen) atoms. The average molecular weight is 255 g/mol. The molecule has 0 aromatic carbocycles. The topological polar surface area (TPSA) is 65.2 Å². The van der Waals surface area contributed by atoms with Gasteiger partial charge in [0.1, 0.15) is 10.9 Å². The third-order valence-electron chi connectivity index (χ3n) is 2.94. The van der Waals surface area contributed by atoms with Gasteiger partial charge in [-0.25, -0.2) is 4.98 Å². The highest BCUT2D eigenvalue weighted by Crippen LogP contribution is 2.27. The van der Waals surface area contributed by atoms with Crippen LogP contribution in [0.1, 0.15) is 42.5 Å². The molecule has 1 heterocycles. The molecular weight excluding hydrogens is 240 g/mol. The zero-order valence-corrected chi connectivity index (χ0v) is 10.2. The molecule has 4 nitrogen and oxygen atoms in total. The first-order valence-corrected chi connectivity index (χ1v) is 6.16. The van der Waals surface area contributed by atoms with Crippen molar-refractivity contribution in [3.05, 3.63) is 23.0 Å². The summed E-state index contributed by atoms with van der Waals surface area (Å²) in [5.74, 6) is -0.0932. The summed E-state index contributed by atoms with van der Waals surface area (Å²) in [6.45, 7) is 0. The Bertz CT molecular complexity index is 417. The lowest BCUT2D eigenvalue weighted by Crippen LogP contribution is -2.22. The third kappa shape index (κ3) is 3.09. The van der Waals surface area contributed by atoms with Gasteiger partial charge >= 0.3 is 0 Å². The number of pyridine rings is 1. The quantitative estimate of drug-likeness (QED) is 0.843. The van der Waals surface area contributed by atoms with Gasteiger partial charge in [-0.1, -0.05) is 18.0 Å². The first kappa shape index (κ1) is 12.2. The molecule has 0 saturated heterocycles. The van der Waals surface area contributed by atoms with E-state index in [4.69, 9.17) is 22.1 Å². The zero-order valence-electron chi connectivity index (χ0n) is 9.49. The summed E-state index contributed by atoms with van der Waals surface area (Å²) in [5, 5.41) is 0.306. The van der Waals surface area contributed by atoms with E-state index in [0.29, 0.717) is 16.5 Å². The first-order valence-electron chi connectivity index (χ1n) is 5.79. The molecule has 0 unspecified atom stereocenters. The van der Waals surface area contributed by atoms with Gasteiger partial charge in [-0.2, -0.15) is 0 Å². The minimum atomic E-state index is -0.542. The Labute approximate surface area is 105 Å². The van der Waals surface area contributed by atoms with Crippen LogP contribution in [-0.4, -0.2) is 17.0 Å². The molecule has 1 fully saturated rings. The van der Waals surface area contributed by atoms with Gasteiger partial charge in [0.2, 0.25) is 0 Å². The maximum atomic E-state index is 11.2. The van der Waals surface area contributed by atoms with Crippen LogP contribution in [-0.2, 0) is 0 Å². The number of amides is 1. The highest BCUT2D eigenvalue weighted by molar-refractivity contribution is 6.29. The van der Waals surface area contributed by atoms with Crippen molar-refractivity contribution in [3.63, 3.8) is 0 Å². The number of hydrogen-bond acceptors (Lipinski definition) is 3. The molecule has 92 valence electrons. The van der Waals surface area contributed by atoms with Gasteiger partial charge in [0.25, 0.3) is 5.91 Å². The van der Waals surface area contributed by atoms with E-state index >= 15 is 0 Å². The number of nitrogens with zero attached hydrogens (tertiary/aromatic N) is 1. The van der Waals surface area contributed by atoms with Gasteiger partial charge in [0.05, 0.1) is 11.7 Å². The predicted molar refractivity (Wildman–Crippen MR) is 65.3 cm³/mol. The van der Waals surface area contributed by atoms with Crippen LogP contribution in [0.25, 0.3) is 0 Å². The van der Waals surface area contributed by atoms with Crippen molar-refractivity contribution >= 4 is 17.5 Å². The minimum absolute atomic E-state index is 0.153. The Hall–Kier alpha value is -1.29. The second kappa shape index (κ2) is 5.36. The molecule has 5 heteroatoms. The van der Waals surface area contributed by atoms with E-state index in [1.165, 1.54) is 12.6 Å². The summed E-state index contributed by atoms with van der Waals surface area (Å²) in [7, 11) is 0. The Kier molecular flexibility index (Phi) is 3.84. The van der Waals surface area contributed by atoms with Crippen molar-refractivity contribution in [2.45, 2.75) is 38.2 Å². The second-order valence-corrected chi connectivity index (χ2v) is 4.63. The summed E-state index contributed by atoms with van der Waals surface area (Å²) < 4.78 is 5.80. The van der Waals surface area contributed by atoms with Crippen LogP contribution in [0.2, 0.25) is 5.15 Å². The normalized spacial score (nSPS) is 16.8. The minimum Gasteiger partial charge on any atom is -0.489 e. The predicted octanol–water partition coefficient (Wildman–Crippen LogP) is 2.55. The molecule has 1 amide bonds. The number of carbonyl (C=O) groups excluding carboxylic acids is 1. The lowest BCUT2D eigenvalue weighted by molar-refractivity contribution is 0.0987. The SMILES string of the molecule is NC(=O)c1cnc(Cl)cc1OC1CCCCC1. The maximum Gasteiger partial charge on any atom is 0.254 e. The van der Waals surface area contributed by atoms with Gasteiger partial charge < -0.3 is 10.5 Å². The van der Waals surface area contributed by atoms with Gasteiger partial charge in [-0.3, -0.25) is 4.79 Å². The monoisotopic (exact) mass is 254 g/mol. The Morgan fingerprint density at radius 1 is 1.41 bits per heavy atom. The molecule has 1 aliphatic carbocycles. The van der Waals surface area contributed by atoms with Gasteiger partial charge in [-0.05, 0) is 25.7 Å². The van der Waals surface area contributed by atoms with Crippen molar-refractivity contribution in [2.24, 2.45) is 5.73 Å². The highest BCUT2D eigenvalue weighted by Gasteiger charge is 2.18.